The van der Waals surface area contributed by atoms with Crippen molar-refractivity contribution >= 4 is 5.91 Å². The first-order valence-electron chi connectivity index (χ1n) is 7.77. The number of hydrogen-bond donors (Lipinski definition) is 0. The average Bonchev–Trinajstić information content (AvgIpc) is 2.45. The van der Waals surface area contributed by atoms with Crippen molar-refractivity contribution in [2.75, 3.05) is 39.8 Å². The third-order valence-corrected chi connectivity index (χ3v) is 4.75. The topological polar surface area (TPSA) is 26.8 Å². The first-order valence-corrected chi connectivity index (χ1v) is 7.77. The van der Waals surface area contributed by atoms with Gasteiger partial charge in [0.25, 0.3) is 5.91 Å². The molecule has 3 rings (SSSR count). The molecule has 2 saturated heterocycles. The molecule has 2 fully saturated rings. The summed E-state index contributed by atoms with van der Waals surface area (Å²) < 4.78 is 0. The zero-order valence-electron chi connectivity index (χ0n) is 13.2. The fourth-order valence-corrected chi connectivity index (χ4v) is 3.93. The Hall–Kier alpha value is -1.39. The fraction of sp³-hybridized carbons (Fsp3) is 0.588. The quantitative estimate of drug-likeness (QED) is 0.784. The van der Waals surface area contributed by atoms with Gasteiger partial charge in [-0.25, -0.2) is 0 Å². The second-order valence-corrected chi connectivity index (χ2v) is 6.97. The summed E-state index contributed by atoms with van der Waals surface area (Å²) in [5.41, 5.74) is 0.994. The lowest BCUT2D eigenvalue weighted by Gasteiger charge is -2.55. The van der Waals surface area contributed by atoms with Gasteiger partial charge in [0.05, 0.1) is 0 Å². The molecule has 21 heavy (non-hydrogen) atoms. The molecule has 1 atom stereocenters. The summed E-state index contributed by atoms with van der Waals surface area (Å²) in [4.78, 5) is 19.6. The van der Waals surface area contributed by atoms with E-state index < -0.39 is 0 Å². The molecule has 0 N–H and O–H groups in total. The third kappa shape index (κ3) is 2.83. The normalized spacial score (nSPS) is 26.4. The number of hydrogen-bond acceptors (Lipinski definition) is 3. The van der Waals surface area contributed by atoms with Gasteiger partial charge in [-0.15, -0.1) is 0 Å². The van der Waals surface area contributed by atoms with E-state index in [9.17, 15) is 4.79 Å². The summed E-state index contributed by atoms with van der Waals surface area (Å²) in [6.45, 7) is 9.40. The Morgan fingerprint density at radius 2 is 1.86 bits per heavy atom. The number of benzene rings is 1. The molecular formula is C17H25N3O. The van der Waals surface area contributed by atoms with Crippen LogP contribution < -0.4 is 0 Å². The Morgan fingerprint density at radius 1 is 1.14 bits per heavy atom. The van der Waals surface area contributed by atoms with Crippen molar-refractivity contribution in [3.8, 4) is 0 Å². The molecule has 2 heterocycles. The minimum absolute atomic E-state index is 0.168. The van der Waals surface area contributed by atoms with Gasteiger partial charge in [0.15, 0.2) is 0 Å². The molecule has 4 heteroatoms. The summed E-state index contributed by atoms with van der Waals surface area (Å²) in [6.07, 6.45) is 0. The van der Waals surface area contributed by atoms with Gasteiger partial charge in [0.1, 0.15) is 0 Å². The van der Waals surface area contributed by atoms with E-state index in [0.29, 0.717) is 6.04 Å². The van der Waals surface area contributed by atoms with Crippen LogP contribution in [0.15, 0.2) is 30.3 Å². The van der Waals surface area contributed by atoms with Gasteiger partial charge < -0.3 is 9.80 Å². The Balaban J connectivity index is 1.74. The van der Waals surface area contributed by atoms with Crippen molar-refractivity contribution in [2.24, 2.45) is 0 Å². The van der Waals surface area contributed by atoms with Crippen molar-refractivity contribution in [2.45, 2.75) is 25.4 Å². The highest BCUT2D eigenvalue weighted by molar-refractivity contribution is 5.94. The Bertz CT molecular complexity index is 514. The van der Waals surface area contributed by atoms with Crippen molar-refractivity contribution in [1.29, 1.82) is 0 Å². The van der Waals surface area contributed by atoms with Crippen LogP contribution in [0.1, 0.15) is 24.2 Å². The van der Waals surface area contributed by atoms with E-state index in [2.05, 4.69) is 30.7 Å². The van der Waals surface area contributed by atoms with Crippen LogP contribution in [0.25, 0.3) is 0 Å². The van der Waals surface area contributed by atoms with E-state index >= 15 is 0 Å². The van der Waals surface area contributed by atoms with Gasteiger partial charge in [0, 0.05) is 49.9 Å². The van der Waals surface area contributed by atoms with E-state index in [4.69, 9.17) is 0 Å². The van der Waals surface area contributed by atoms with Crippen molar-refractivity contribution in [3.63, 3.8) is 0 Å². The summed E-state index contributed by atoms with van der Waals surface area (Å²) in [7, 11) is 2.18. The van der Waals surface area contributed by atoms with Gasteiger partial charge in [-0.1, -0.05) is 18.2 Å². The Labute approximate surface area is 127 Å². The van der Waals surface area contributed by atoms with Crippen LogP contribution in [0.2, 0.25) is 0 Å². The number of rotatable bonds is 1. The van der Waals surface area contributed by atoms with Crippen LogP contribution >= 0.6 is 0 Å². The van der Waals surface area contributed by atoms with E-state index in [1.54, 1.807) is 0 Å². The first kappa shape index (κ1) is 14.5. The minimum Gasteiger partial charge on any atom is -0.336 e. The first-order chi connectivity index (χ1) is 9.97. The lowest BCUT2D eigenvalue weighted by molar-refractivity contribution is -0.0518. The maximum Gasteiger partial charge on any atom is 0.253 e. The number of piperazine rings is 2. The van der Waals surface area contributed by atoms with Crippen LogP contribution in [0.3, 0.4) is 0 Å². The van der Waals surface area contributed by atoms with Crippen molar-refractivity contribution in [1.82, 2.24) is 14.7 Å². The highest BCUT2D eigenvalue weighted by Gasteiger charge is 2.42. The second kappa shape index (κ2) is 5.43. The molecule has 114 valence electrons. The maximum atomic E-state index is 12.6. The number of carbonyl (C=O) groups is 1. The molecule has 0 saturated carbocycles. The molecule has 1 amide bonds. The average molecular weight is 287 g/mol. The number of fused-ring (bicyclic) bond motifs is 1. The Morgan fingerprint density at radius 3 is 2.57 bits per heavy atom. The number of nitrogens with zero attached hydrogens (tertiary/aromatic N) is 3. The molecule has 1 aromatic rings. The molecule has 2 aliphatic rings. The van der Waals surface area contributed by atoms with E-state index in [-0.39, 0.29) is 11.4 Å². The van der Waals surface area contributed by atoms with Crippen LogP contribution in [0.4, 0.5) is 0 Å². The third-order valence-electron chi connectivity index (χ3n) is 4.75. The van der Waals surface area contributed by atoms with Crippen LogP contribution in [0.5, 0.6) is 0 Å². The maximum absolute atomic E-state index is 12.6. The zero-order valence-corrected chi connectivity index (χ0v) is 13.2. The van der Waals surface area contributed by atoms with Crippen LogP contribution in [0, 0.1) is 0 Å². The molecule has 0 spiro atoms. The Kier molecular flexibility index (Phi) is 3.76. The molecule has 0 bridgehead atoms. The molecule has 0 radical (unpaired) electrons. The number of amides is 1. The predicted molar refractivity (Wildman–Crippen MR) is 84.4 cm³/mol. The van der Waals surface area contributed by atoms with E-state index in [1.807, 2.05) is 35.2 Å². The van der Waals surface area contributed by atoms with Crippen molar-refractivity contribution in [3.05, 3.63) is 35.9 Å². The molecule has 0 aliphatic carbocycles. The van der Waals surface area contributed by atoms with Crippen molar-refractivity contribution < 1.29 is 4.79 Å². The fourth-order valence-electron chi connectivity index (χ4n) is 3.93. The highest BCUT2D eigenvalue weighted by atomic mass is 16.2. The lowest BCUT2D eigenvalue weighted by Crippen LogP contribution is -2.69. The van der Waals surface area contributed by atoms with E-state index in [1.165, 1.54) is 0 Å². The van der Waals surface area contributed by atoms with E-state index in [0.717, 1.165) is 38.3 Å². The van der Waals surface area contributed by atoms with Gasteiger partial charge in [0.2, 0.25) is 0 Å². The van der Waals surface area contributed by atoms with Gasteiger partial charge >= 0.3 is 0 Å². The number of carbonyl (C=O) groups excluding carboxylic acids is 1. The molecule has 2 aliphatic heterocycles. The summed E-state index contributed by atoms with van der Waals surface area (Å²) in [5, 5.41) is 0. The SMILES string of the molecule is CN1CC2CN(C(=O)c3ccccc3)CCN2C(C)(C)C1. The zero-order chi connectivity index (χ0) is 15.0. The summed E-state index contributed by atoms with van der Waals surface area (Å²) in [6, 6.07) is 10.1. The predicted octanol–water partition coefficient (Wildman–Crippen LogP) is 1.54. The molecule has 0 aromatic heterocycles. The highest BCUT2D eigenvalue weighted by Crippen LogP contribution is 2.27. The summed E-state index contributed by atoms with van der Waals surface area (Å²) in [5.74, 6) is 0.168. The largest absolute Gasteiger partial charge is 0.336 e. The molecule has 4 nitrogen and oxygen atoms in total. The molecular weight excluding hydrogens is 262 g/mol. The van der Waals surface area contributed by atoms with Gasteiger partial charge in [-0.05, 0) is 33.0 Å². The molecule has 1 aromatic carbocycles. The standard InChI is InChI=1S/C17H25N3O/c1-17(2)13-18(3)11-15-12-19(9-10-20(15)17)16(21)14-7-5-4-6-8-14/h4-8,15H,9-13H2,1-3H3. The van der Waals surface area contributed by atoms with Crippen LogP contribution in [-0.4, -0.2) is 72.0 Å². The van der Waals surface area contributed by atoms with Gasteiger partial charge in [-0.3, -0.25) is 9.69 Å². The van der Waals surface area contributed by atoms with Gasteiger partial charge in [-0.2, -0.15) is 0 Å². The van der Waals surface area contributed by atoms with Crippen LogP contribution in [-0.2, 0) is 0 Å². The lowest BCUT2D eigenvalue weighted by atomic mass is 9.93. The molecule has 1 unspecified atom stereocenters. The minimum atomic E-state index is 0.168. The monoisotopic (exact) mass is 287 g/mol. The number of likely N-dealkylation sites (N-methyl/N-ethyl adjacent to an activating group) is 1. The second-order valence-electron chi connectivity index (χ2n) is 6.97. The summed E-state index contributed by atoms with van der Waals surface area (Å²) >= 11 is 0. The smallest absolute Gasteiger partial charge is 0.253 e.